The van der Waals surface area contributed by atoms with Gasteiger partial charge in [-0.2, -0.15) is 0 Å². The number of rotatable bonds is 3. The maximum atomic E-state index is 13.0. The monoisotopic (exact) mass is 433 g/mol. The third-order valence-corrected chi connectivity index (χ3v) is 7.76. The second kappa shape index (κ2) is 7.46. The molecule has 2 aliphatic heterocycles. The van der Waals surface area contributed by atoms with E-state index in [2.05, 4.69) is 26.0 Å². The molecule has 5 heterocycles. The number of hydrogen-bond donors (Lipinski definition) is 0. The van der Waals surface area contributed by atoms with E-state index < -0.39 is 0 Å². The highest BCUT2D eigenvalue weighted by Crippen LogP contribution is 2.46. The minimum atomic E-state index is -0.312. The third-order valence-electron chi connectivity index (χ3n) is 6.54. The molecule has 3 aliphatic rings. The molecule has 1 spiro atoms. The molecular formula is C23H23N5O2S. The van der Waals surface area contributed by atoms with Crippen LogP contribution in [0, 0.1) is 0 Å². The van der Waals surface area contributed by atoms with E-state index in [1.54, 1.807) is 36.1 Å². The molecule has 6 rings (SSSR count). The van der Waals surface area contributed by atoms with Crippen molar-refractivity contribution in [3.05, 3.63) is 58.9 Å². The molecule has 1 aliphatic carbocycles. The Morgan fingerprint density at radius 1 is 1.10 bits per heavy atom. The van der Waals surface area contributed by atoms with Crippen molar-refractivity contribution in [1.82, 2.24) is 24.8 Å². The number of hydrogen-bond acceptors (Lipinski definition) is 7. The molecule has 0 atom stereocenters. The number of thiophene rings is 1. The second-order valence-corrected chi connectivity index (χ2v) is 9.66. The molecule has 1 saturated heterocycles. The van der Waals surface area contributed by atoms with Gasteiger partial charge in [-0.15, -0.1) is 11.3 Å². The molecule has 0 N–H and O–H groups in total. The van der Waals surface area contributed by atoms with Gasteiger partial charge in [-0.3, -0.25) is 14.8 Å². The lowest BCUT2D eigenvalue weighted by atomic mass is 9.82. The fraction of sp³-hybridized carbons (Fsp3) is 0.435. The normalized spacial score (nSPS) is 19.9. The lowest BCUT2D eigenvalue weighted by Gasteiger charge is -2.44. The molecule has 31 heavy (non-hydrogen) atoms. The minimum Gasteiger partial charge on any atom is -0.370 e. The van der Waals surface area contributed by atoms with Gasteiger partial charge in [0.1, 0.15) is 5.82 Å². The predicted octanol–water partition coefficient (Wildman–Crippen LogP) is 3.58. The average molecular weight is 434 g/mol. The van der Waals surface area contributed by atoms with Crippen LogP contribution in [0.1, 0.15) is 58.2 Å². The lowest BCUT2D eigenvalue weighted by Crippen LogP contribution is -2.48. The molecule has 2 fully saturated rings. The van der Waals surface area contributed by atoms with E-state index in [9.17, 15) is 4.79 Å². The summed E-state index contributed by atoms with van der Waals surface area (Å²) in [4.78, 5) is 34.9. The maximum absolute atomic E-state index is 13.0. The van der Waals surface area contributed by atoms with Crippen LogP contribution < -0.4 is 0 Å². The summed E-state index contributed by atoms with van der Waals surface area (Å²) < 4.78 is 6.37. The molecule has 158 valence electrons. The molecule has 3 aromatic rings. The van der Waals surface area contributed by atoms with Crippen LogP contribution in [0.25, 0.3) is 10.6 Å². The van der Waals surface area contributed by atoms with E-state index in [0.717, 1.165) is 55.1 Å². The highest BCUT2D eigenvalue weighted by atomic mass is 32.1. The quantitative estimate of drug-likeness (QED) is 0.628. The van der Waals surface area contributed by atoms with Crippen LogP contribution in [0.5, 0.6) is 0 Å². The Hall–Kier alpha value is -2.71. The van der Waals surface area contributed by atoms with Crippen molar-refractivity contribution >= 4 is 17.2 Å². The molecule has 0 aromatic carbocycles. The van der Waals surface area contributed by atoms with Gasteiger partial charge in [0, 0.05) is 55.1 Å². The van der Waals surface area contributed by atoms with Crippen LogP contribution in [-0.2, 0) is 16.8 Å². The zero-order valence-corrected chi connectivity index (χ0v) is 18.0. The first-order valence-corrected chi connectivity index (χ1v) is 11.7. The molecule has 0 radical (unpaired) electrons. The van der Waals surface area contributed by atoms with Gasteiger partial charge in [-0.05, 0) is 37.3 Å². The minimum absolute atomic E-state index is 0.0128. The van der Waals surface area contributed by atoms with E-state index in [4.69, 9.17) is 4.74 Å². The zero-order chi connectivity index (χ0) is 20.8. The SMILES string of the molecule is O=C(c1cnc(C2CC2)nc1)N1CCC2(CC1)OCCc1sc(-c3cnccn3)cc12. The smallest absolute Gasteiger partial charge is 0.256 e. The first kappa shape index (κ1) is 19.0. The molecule has 0 unspecified atom stereocenters. The summed E-state index contributed by atoms with van der Waals surface area (Å²) in [5.74, 6) is 1.38. The number of ether oxygens (including phenoxy) is 1. The molecule has 0 bridgehead atoms. The van der Waals surface area contributed by atoms with Crippen molar-refractivity contribution in [3.63, 3.8) is 0 Å². The fourth-order valence-corrected chi connectivity index (χ4v) is 5.83. The average Bonchev–Trinajstić information content (AvgIpc) is 3.58. The molecule has 7 nitrogen and oxygen atoms in total. The largest absolute Gasteiger partial charge is 0.370 e. The lowest BCUT2D eigenvalue weighted by molar-refractivity contribution is -0.0926. The van der Waals surface area contributed by atoms with Gasteiger partial charge in [-0.25, -0.2) is 9.97 Å². The summed E-state index contributed by atoms with van der Waals surface area (Å²) in [5.41, 5.74) is 2.44. The van der Waals surface area contributed by atoms with E-state index in [0.29, 0.717) is 24.6 Å². The van der Waals surface area contributed by atoms with Gasteiger partial charge in [0.25, 0.3) is 5.91 Å². The number of likely N-dealkylation sites (tertiary alicyclic amines) is 1. The Labute approximate surface area is 184 Å². The predicted molar refractivity (Wildman–Crippen MR) is 116 cm³/mol. The summed E-state index contributed by atoms with van der Waals surface area (Å²) in [7, 11) is 0. The van der Waals surface area contributed by atoms with Crippen LogP contribution >= 0.6 is 11.3 Å². The van der Waals surface area contributed by atoms with E-state index >= 15 is 0 Å². The van der Waals surface area contributed by atoms with Crippen LogP contribution in [0.4, 0.5) is 0 Å². The Morgan fingerprint density at radius 3 is 2.61 bits per heavy atom. The summed E-state index contributed by atoms with van der Waals surface area (Å²) in [6.45, 7) is 2.05. The van der Waals surface area contributed by atoms with Crippen LogP contribution in [-0.4, -0.2) is 50.4 Å². The molecule has 8 heteroatoms. The molecular weight excluding hydrogens is 410 g/mol. The molecule has 3 aromatic heterocycles. The van der Waals surface area contributed by atoms with Crippen LogP contribution in [0.2, 0.25) is 0 Å². The maximum Gasteiger partial charge on any atom is 0.256 e. The standard InChI is InChI=1S/C23H23N5O2S/c29-22(16-12-26-21(27-13-16)15-1-2-15)28-8-4-23(5-9-28)17-11-20(18-14-24-6-7-25-18)31-19(17)3-10-30-23/h6-7,11-15H,1-5,8-10H2. The van der Waals surface area contributed by atoms with E-state index in [1.165, 1.54) is 10.4 Å². The Morgan fingerprint density at radius 2 is 1.90 bits per heavy atom. The number of carbonyl (C=O) groups is 1. The van der Waals surface area contributed by atoms with Crippen LogP contribution in [0.3, 0.4) is 0 Å². The van der Waals surface area contributed by atoms with Gasteiger partial charge in [0.05, 0.1) is 34.5 Å². The van der Waals surface area contributed by atoms with Crippen molar-refractivity contribution in [3.8, 4) is 10.6 Å². The number of amides is 1. The van der Waals surface area contributed by atoms with Crippen molar-refractivity contribution in [1.29, 1.82) is 0 Å². The summed E-state index contributed by atoms with van der Waals surface area (Å²) in [5, 5.41) is 0. The first-order valence-electron chi connectivity index (χ1n) is 10.9. The molecule has 1 saturated carbocycles. The van der Waals surface area contributed by atoms with Gasteiger partial charge in [0.2, 0.25) is 0 Å². The number of aromatic nitrogens is 4. The Kier molecular flexibility index (Phi) is 4.57. The number of carbonyl (C=O) groups excluding carboxylic acids is 1. The number of nitrogens with zero attached hydrogens (tertiary/aromatic N) is 5. The fourth-order valence-electron chi connectivity index (χ4n) is 4.64. The van der Waals surface area contributed by atoms with Crippen molar-refractivity contribution < 1.29 is 9.53 Å². The number of fused-ring (bicyclic) bond motifs is 2. The zero-order valence-electron chi connectivity index (χ0n) is 17.2. The van der Waals surface area contributed by atoms with Crippen molar-refractivity contribution in [2.45, 2.75) is 43.6 Å². The van der Waals surface area contributed by atoms with Crippen molar-refractivity contribution in [2.24, 2.45) is 0 Å². The highest BCUT2D eigenvalue weighted by Gasteiger charge is 2.43. The highest BCUT2D eigenvalue weighted by molar-refractivity contribution is 7.15. The van der Waals surface area contributed by atoms with Gasteiger partial charge >= 0.3 is 0 Å². The summed E-state index contributed by atoms with van der Waals surface area (Å²) in [6.07, 6.45) is 13.4. The Bertz CT molecular complexity index is 1100. The van der Waals surface area contributed by atoms with Crippen LogP contribution in [0.15, 0.2) is 37.1 Å². The first-order chi connectivity index (χ1) is 15.2. The third kappa shape index (κ3) is 3.43. The van der Waals surface area contributed by atoms with Gasteiger partial charge in [-0.1, -0.05) is 0 Å². The van der Waals surface area contributed by atoms with Gasteiger partial charge < -0.3 is 9.64 Å². The Balaban J connectivity index is 1.20. The van der Waals surface area contributed by atoms with E-state index in [1.807, 2.05) is 11.1 Å². The number of piperidine rings is 1. The topological polar surface area (TPSA) is 81.1 Å². The second-order valence-electron chi connectivity index (χ2n) is 8.53. The van der Waals surface area contributed by atoms with E-state index in [-0.39, 0.29) is 11.5 Å². The summed E-state index contributed by atoms with van der Waals surface area (Å²) >= 11 is 1.79. The van der Waals surface area contributed by atoms with Crippen molar-refractivity contribution in [2.75, 3.05) is 19.7 Å². The molecule has 1 amide bonds. The van der Waals surface area contributed by atoms with Gasteiger partial charge in [0.15, 0.2) is 0 Å². The summed E-state index contributed by atoms with van der Waals surface area (Å²) in [6, 6.07) is 2.23.